The molecule has 2 heteroatoms. The molecule has 0 aromatic rings. The molecule has 0 spiro atoms. The van der Waals surface area contributed by atoms with Gasteiger partial charge < -0.3 is 9.47 Å². The molecule has 0 aromatic heterocycles. The summed E-state index contributed by atoms with van der Waals surface area (Å²) in [6.07, 6.45) is 2.33. The topological polar surface area (TPSA) is 21.8 Å². The van der Waals surface area contributed by atoms with E-state index in [0.717, 1.165) is 6.42 Å². The van der Waals surface area contributed by atoms with Crippen molar-refractivity contribution in [3.8, 4) is 0 Å². The summed E-state index contributed by atoms with van der Waals surface area (Å²) >= 11 is 0. The summed E-state index contributed by atoms with van der Waals surface area (Å²) in [7, 11) is 1.73. The van der Waals surface area contributed by atoms with Gasteiger partial charge in [0.05, 0.1) is 18.3 Å². The highest BCUT2D eigenvalue weighted by molar-refractivity contribution is 4.81. The van der Waals surface area contributed by atoms with E-state index in [1.807, 2.05) is 0 Å². The van der Waals surface area contributed by atoms with Crippen molar-refractivity contribution in [1.29, 1.82) is 0 Å². The van der Waals surface area contributed by atoms with Crippen LogP contribution >= 0.6 is 0 Å². The van der Waals surface area contributed by atoms with Crippen LogP contribution in [0.3, 0.4) is 0 Å². The van der Waals surface area contributed by atoms with Crippen molar-refractivity contribution in [3.05, 3.63) is 0 Å². The zero-order valence-electron chi connectivity index (χ0n) is 6.26. The maximum atomic E-state index is 5.21. The van der Waals surface area contributed by atoms with Crippen LogP contribution in [0.1, 0.15) is 20.3 Å². The van der Waals surface area contributed by atoms with E-state index in [2.05, 4.69) is 13.8 Å². The Labute approximate surface area is 56.2 Å². The molecule has 0 N–H and O–H groups in total. The molecule has 2 nitrogen and oxygen atoms in total. The van der Waals surface area contributed by atoms with Crippen LogP contribution in [0.5, 0.6) is 0 Å². The van der Waals surface area contributed by atoms with Crippen LogP contribution in [-0.4, -0.2) is 25.4 Å². The highest BCUT2D eigenvalue weighted by atomic mass is 16.6. The summed E-state index contributed by atoms with van der Waals surface area (Å²) in [5.41, 5.74) is 0. The molecular weight excluding hydrogens is 116 g/mol. The lowest BCUT2D eigenvalue weighted by Gasteiger charge is -2.04. The Bertz CT molecular complexity index is 90.9. The molecule has 1 rings (SSSR count). The van der Waals surface area contributed by atoms with Crippen molar-refractivity contribution in [2.24, 2.45) is 0 Å². The Morgan fingerprint density at radius 3 is 2.56 bits per heavy atom. The van der Waals surface area contributed by atoms with Crippen molar-refractivity contribution in [1.82, 2.24) is 0 Å². The third kappa shape index (κ3) is 1.95. The summed E-state index contributed by atoms with van der Waals surface area (Å²) in [5.74, 6) is 0. The minimum Gasteiger partial charge on any atom is -0.382 e. The molecule has 3 atom stereocenters. The summed E-state index contributed by atoms with van der Waals surface area (Å²) in [5, 5.41) is 0. The predicted octanol–water partition coefficient (Wildman–Crippen LogP) is 1.20. The second kappa shape index (κ2) is 2.67. The molecular formula is C7H14O2. The van der Waals surface area contributed by atoms with Gasteiger partial charge in [0, 0.05) is 13.5 Å². The van der Waals surface area contributed by atoms with E-state index in [4.69, 9.17) is 9.47 Å². The largest absolute Gasteiger partial charge is 0.382 e. The van der Waals surface area contributed by atoms with E-state index in [1.165, 1.54) is 0 Å². The molecule has 1 saturated heterocycles. The maximum absolute atomic E-state index is 5.21. The molecule has 9 heavy (non-hydrogen) atoms. The van der Waals surface area contributed by atoms with E-state index in [9.17, 15) is 0 Å². The quantitative estimate of drug-likeness (QED) is 0.535. The van der Waals surface area contributed by atoms with Crippen LogP contribution in [0, 0.1) is 0 Å². The van der Waals surface area contributed by atoms with Gasteiger partial charge >= 0.3 is 0 Å². The molecule has 54 valence electrons. The second-order valence-electron chi connectivity index (χ2n) is 2.66. The minimum atomic E-state index is 0.347. The Balaban J connectivity index is 2.05. The molecule has 0 bridgehead atoms. The van der Waals surface area contributed by atoms with E-state index in [1.54, 1.807) is 7.11 Å². The summed E-state index contributed by atoms with van der Waals surface area (Å²) < 4.78 is 10.3. The lowest BCUT2D eigenvalue weighted by Crippen LogP contribution is -2.08. The molecule has 0 saturated carbocycles. The zero-order chi connectivity index (χ0) is 6.85. The molecule has 3 unspecified atom stereocenters. The Morgan fingerprint density at radius 1 is 1.67 bits per heavy atom. The first kappa shape index (κ1) is 7.03. The van der Waals surface area contributed by atoms with Crippen LogP contribution in [0.25, 0.3) is 0 Å². The van der Waals surface area contributed by atoms with Crippen molar-refractivity contribution in [2.75, 3.05) is 7.11 Å². The number of ether oxygens (including phenoxy) is 2. The lowest BCUT2D eigenvalue weighted by atomic mass is 10.2. The third-order valence-electron chi connectivity index (χ3n) is 1.80. The second-order valence-corrected chi connectivity index (χ2v) is 2.66. The van der Waals surface area contributed by atoms with E-state index >= 15 is 0 Å². The molecule has 0 aromatic carbocycles. The highest BCUT2D eigenvalue weighted by Gasteiger charge is 2.34. The molecule has 0 radical (unpaired) electrons. The average molecular weight is 130 g/mol. The van der Waals surface area contributed by atoms with Gasteiger partial charge in [0.25, 0.3) is 0 Å². The third-order valence-corrected chi connectivity index (χ3v) is 1.80. The van der Waals surface area contributed by atoms with Gasteiger partial charge in [-0.05, 0) is 13.8 Å². The normalized spacial score (nSPS) is 36.3. The standard InChI is InChI=1S/C7H14O2/c1-5(8-3)4-7-6(2)9-7/h5-7H,4H2,1-3H3. The van der Waals surface area contributed by atoms with Gasteiger partial charge in [-0.2, -0.15) is 0 Å². The van der Waals surface area contributed by atoms with Crippen LogP contribution < -0.4 is 0 Å². The molecule has 1 aliphatic heterocycles. The van der Waals surface area contributed by atoms with Gasteiger partial charge in [0.2, 0.25) is 0 Å². The maximum Gasteiger partial charge on any atom is 0.0863 e. The SMILES string of the molecule is COC(C)CC1OC1C. The lowest BCUT2D eigenvalue weighted by molar-refractivity contribution is 0.103. The Hall–Kier alpha value is -0.0800. The monoisotopic (exact) mass is 130 g/mol. The number of hydrogen-bond donors (Lipinski definition) is 0. The smallest absolute Gasteiger partial charge is 0.0863 e. The van der Waals surface area contributed by atoms with E-state index in [0.29, 0.717) is 18.3 Å². The van der Waals surface area contributed by atoms with Crippen molar-refractivity contribution in [3.63, 3.8) is 0 Å². The number of hydrogen-bond acceptors (Lipinski definition) is 2. The minimum absolute atomic E-state index is 0.347. The predicted molar refractivity (Wildman–Crippen MR) is 35.4 cm³/mol. The van der Waals surface area contributed by atoms with Crippen LogP contribution in [0.15, 0.2) is 0 Å². The fraction of sp³-hybridized carbons (Fsp3) is 1.00. The van der Waals surface area contributed by atoms with Gasteiger partial charge in [-0.25, -0.2) is 0 Å². The Morgan fingerprint density at radius 2 is 2.22 bits per heavy atom. The summed E-state index contributed by atoms with van der Waals surface area (Å²) in [6.45, 7) is 4.15. The van der Waals surface area contributed by atoms with E-state index < -0.39 is 0 Å². The molecule has 1 aliphatic rings. The zero-order valence-corrected chi connectivity index (χ0v) is 6.26. The van der Waals surface area contributed by atoms with Crippen molar-refractivity contribution in [2.45, 2.75) is 38.6 Å². The Kier molecular flexibility index (Phi) is 2.09. The molecule has 0 amide bonds. The van der Waals surface area contributed by atoms with Crippen molar-refractivity contribution < 1.29 is 9.47 Å². The van der Waals surface area contributed by atoms with Gasteiger partial charge in [0.15, 0.2) is 0 Å². The summed E-state index contributed by atoms with van der Waals surface area (Å²) in [4.78, 5) is 0. The van der Waals surface area contributed by atoms with Crippen LogP contribution in [-0.2, 0) is 9.47 Å². The van der Waals surface area contributed by atoms with Gasteiger partial charge in [-0.1, -0.05) is 0 Å². The number of rotatable bonds is 3. The first-order valence-corrected chi connectivity index (χ1v) is 3.42. The van der Waals surface area contributed by atoms with Gasteiger partial charge in [-0.3, -0.25) is 0 Å². The first-order chi connectivity index (χ1) is 4.24. The van der Waals surface area contributed by atoms with E-state index in [-0.39, 0.29) is 0 Å². The highest BCUT2D eigenvalue weighted by Crippen LogP contribution is 2.25. The van der Waals surface area contributed by atoms with Crippen molar-refractivity contribution >= 4 is 0 Å². The first-order valence-electron chi connectivity index (χ1n) is 3.42. The van der Waals surface area contributed by atoms with Crippen LogP contribution in [0.4, 0.5) is 0 Å². The molecule has 1 heterocycles. The number of epoxide rings is 1. The summed E-state index contributed by atoms with van der Waals surface area (Å²) in [6, 6.07) is 0. The van der Waals surface area contributed by atoms with Gasteiger partial charge in [-0.15, -0.1) is 0 Å². The molecule has 1 fully saturated rings. The molecule has 0 aliphatic carbocycles. The number of methoxy groups -OCH3 is 1. The average Bonchev–Trinajstić information content (AvgIpc) is 2.47. The van der Waals surface area contributed by atoms with Crippen LogP contribution in [0.2, 0.25) is 0 Å². The fourth-order valence-electron chi connectivity index (χ4n) is 0.901. The fourth-order valence-corrected chi connectivity index (χ4v) is 0.901. The van der Waals surface area contributed by atoms with Gasteiger partial charge in [0.1, 0.15) is 0 Å².